The fourth-order valence-corrected chi connectivity index (χ4v) is 4.19. The minimum absolute atomic E-state index is 0.000751. The fourth-order valence-electron chi connectivity index (χ4n) is 3.86. The molecule has 0 saturated carbocycles. The molecule has 3 aromatic rings. The van der Waals surface area contributed by atoms with Gasteiger partial charge in [-0.2, -0.15) is 0 Å². The van der Waals surface area contributed by atoms with Crippen molar-refractivity contribution in [2.24, 2.45) is 0 Å². The standard InChI is InChI=1S/C21H24BrFN6O2/c1-21(2,3)31-20(30)28-6-4-5-12(10-28)29-11-14(13-7-17(22)25-9-16(13)29)18-15(23)8-26-19(24)27-18/h7-9,11-12H,4-6,10H2,1-3H3,(H2,24,26,27). The Morgan fingerprint density at radius 2 is 2.10 bits per heavy atom. The van der Waals surface area contributed by atoms with Crippen molar-refractivity contribution in [3.8, 4) is 11.3 Å². The number of pyridine rings is 1. The zero-order valence-electron chi connectivity index (χ0n) is 17.6. The number of halogens is 2. The minimum Gasteiger partial charge on any atom is -0.444 e. The Hall–Kier alpha value is -2.75. The number of hydrogen-bond donors (Lipinski definition) is 1. The monoisotopic (exact) mass is 490 g/mol. The van der Waals surface area contributed by atoms with E-state index in [1.807, 2.05) is 37.6 Å². The number of rotatable bonds is 2. The normalized spacial score (nSPS) is 17.2. The molecule has 1 fully saturated rings. The number of likely N-dealkylation sites (tertiary alicyclic amines) is 1. The first kappa shape index (κ1) is 21.5. The molecule has 1 amide bonds. The quantitative estimate of drug-likeness (QED) is 0.529. The van der Waals surface area contributed by atoms with Crippen LogP contribution in [0.25, 0.3) is 22.2 Å². The molecule has 3 aromatic heterocycles. The zero-order valence-corrected chi connectivity index (χ0v) is 19.2. The van der Waals surface area contributed by atoms with Gasteiger partial charge in [-0.3, -0.25) is 0 Å². The van der Waals surface area contributed by atoms with Gasteiger partial charge in [0.05, 0.1) is 24.0 Å². The van der Waals surface area contributed by atoms with E-state index in [1.165, 1.54) is 0 Å². The van der Waals surface area contributed by atoms with Gasteiger partial charge in [-0.1, -0.05) is 0 Å². The van der Waals surface area contributed by atoms with Gasteiger partial charge in [0.1, 0.15) is 15.9 Å². The van der Waals surface area contributed by atoms with Gasteiger partial charge < -0.3 is 19.9 Å². The molecule has 4 rings (SSSR count). The van der Waals surface area contributed by atoms with Gasteiger partial charge >= 0.3 is 6.09 Å². The number of carbonyl (C=O) groups is 1. The molecule has 4 heterocycles. The summed E-state index contributed by atoms with van der Waals surface area (Å²) < 4.78 is 22.8. The fraction of sp³-hybridized carbons (Fsp3) is 0.429. The lowest BCUT2D eigenvalue weighted by molar-refractivity contribution is 0.0174. The van der Waals surface area contributed by atoms with Crippen molar-refractivity contribution in [3.05, 3.63) is 35.1 Å². The van der Waals surface area contributed by atoms with Crippen LogP contribution >= 0.6 is 15.9 Å². The predicted molar refractivity (Wildman–Crippen MR) is 119 cm³/mol. The number of aromatic nitrogens is 4. The van der Waals surface area contributed by atoms with Crippen LogP contribution in [-0.4, -0.2) is 49.2 Å². The highest BCUT2D eigenvalue weighted by Gasteiger charge is 2.30. The minimum atomic E-state index is -0.558. The summed E-state index contributed by atoms with van der Waals surface area (Å²) in [7, 11) is 0. The van der Waals surface area contributed by atoms with Crippen LogP contribution in [0.15, 0.2) is 29.3 Å². The molecule has 2 N–H and O–H groups in total. The SMILES string of the molecule is CC(C)(C)OC(=O)N1CCCC(n2cc(-c3nc(N)ncc3F)c3cc(Br)ncc32)C1. The maximum Gasteiger partial charge on any atom is 0.410 e. The highest BCUT2D eigenvalue weighted by molar-refractivity contribution is 9.10. The van der Waals surface area contributed by atoms with E-state index < -0.39 is 11.4 Å². The predicted octanol–water partition coefficient (Wildman–Crippen LogP) is 4.55. The van der Waals surface area contributed by atoms with Crippen molar-refractivity contribution >= 4 is 38.9 Å². The summed E-state index contributed by atoms with van der Waals surface area (Å²) in [6.07, 6.45) is 6.03. The van der Waals surface area contributed by atoms with Crippen molar-refractivity contribution in [3.63, 3.8) is 0 Å². The first-order valence-corrected chi connectivity index (χ1v) is 10.8. The lowest BCUT2D eigenvalue weighted by atomic mass is 10.1. The van der Waals surface area contributed by atoms with Crippen molar-refractivity contribution in [1.82, 2.24) is 24.4 Å². The van der Waals surface area contributed by atoms with Crippen LogP contribution in [0.4, 0.5) is 15.1 Å². The first-order valence-electron chi connectivity index (χ1n) is 10.0. The molecule has 0 spiro atoms. The number of nitrogens with two attached hydrogens (primary N) is 1. The average molecular weight is 491 g/mol. The Morgan fingerprint density at radius 3 is 2.84 bits per heavy atom. The van der Waals surface area contributed by atoms with Gasteiger partial charge in [0.15, 0.2) is 5.82 Å². The molecule has 0 aliphatic carbocycles. The number of carbonyl (C=O) groups excluding carboxylic acids is 1. The van der Waals surface area contributed by atoms with Gasteiger partial charge in [-0.05, 0) is 55.6 Å². The van der Waals surface area contributed by atoms with Crippen LogP contribution in [0.2, 0.25) is 0 Å². The average Bonchev–Trinajstić information content (AvgIpc) is 3.07. The van der Waals surface area contributed by atoms with Crippen LogP contribution in [0.3, 0.4) is 0 Å². The molecular weight excluding hydrogens is 467 g/mol. The number of nitrogen functional groups attached to an aromatic ring is 1. The van der Waals surface area contributed by atoms with E-state index in [0.717, 1.165) is 29.9 Å². The van der Waals surface area contributed by atoms with Gasteiger partial charge in [0.2, 0.25) is 5.95 Å². The molecular formula is C21H24BrFN6O2. The largest absolute Gasteiger partial charge is 0.444 e. The summed E-state index contributed by atoms with van der Waals surface area (Å²) in [6.45, 7) is 6.68. The molecule has 1 saturated heterocycles. The zero-order chi connectivity index (χ0) is 22.3. The smallest absolute Gasteiger partial charge is 0.410 e. The maximum atomic E-state index is 14.6. The van der Waals surface area contributed by atoms with Gasteiger partial charge in [0, 0.05) is 30.2 Å². The molecule has 1 aliphatic rings. The Bertz CT molecular complexity index is 1140. The van der Waals surface area contributed by atoms with Crippen LogP contribution < -0.4 is 5.73 Å². The van der Waals surface area contributed by atoms with Gasteiger partial charge in [0.25, 0.3) is 0 Å². The summed E-state index contributed by atoms with van der Waals surface area (Å²) >= 11 is 3.39. The number of nitrogens with zero attached hydrogens (tertiary/aromatic N) is 5. The van der Waals surface area contributed by atoms with Crippen molar-refractivity contribution < 1.29 is 13.9 Å². The topological polar surface area (TPSA) is 99.2 Å². The molecule has 164 valence electrons. The Balaban J connectivity index is 1.74. The van der Waals surface area contributed by atoms with Gasteiger partial charge in [-0.15, -0.1) is 0 Å². The molecule has 8 nitrogen and oxygen atoms in total. The lowest BCUT2D eigenvalue weighted by Gasteiger charge is -2.35. The van der Waals surface area contributed by atoms with Crippen molar-refractivity contribution in [2.45, 2.75) is 45.3 Å². The Morgan fingerprint density at radius 1 is 1.32 bits per heavy atom. The maximum absolute atomic E-state index is 14.6. The van der Waals surface area contributed by atoms with E-state index in [9.17, 15) is 9.18 Å². The van der Waals surface area contributed by atoms with E-state index in [0.29, 0.717) is 23.3 Å². The van der Waals surface area contributed by atoms with Crippen LogP contribution in [0, 0.1) is 5.82 Å². The number of hydrogen-bond acceptors (Lipinski definition) is 6. The second-order valence-electron chi connectivity index (χ2n) is 8.62. The highest BCUT2D eigenvalue weighted by Crippen LogP contribution is 2.36. The molecule has 31 heavy (non-hydrogen) atoms. The summed E-state index contributed by atoms with van der Waals surface area (Å²) in [5.74, 6) is -0.556. The first-order chi connectivity index (χ1) is 14.6. The highest BCUT2D eigenvalue weighted by atomic mass is 79.9. The van der Waals surface area contributed by atoms with Crippen LogP contribution in [0.5, 0.6) is 0 Å². The third-order valence-corrected chi connectivity index (χ3v) is 5.58. The third kappa shape index (κ3) is 4.48. The lowest BCUT2D eigenvalue weighted by Crippen LogP contribution is -2.43. The molecule has 10 heteroatoms. The van der Waals surface area contributed by atoms with E-state index in [-0.39, 0.29) is 23.8 Å². The number of piperidine rings is 1. The molecule has 1 atom stereocenters. The summed E-state index contributed by atoms with van der Waals surface area (Å²) in [6, 6.07) is 1.82. The van der Waals surface area contributed by atoms with E-state index in [4.69, 9.17) is 10.5 Å². The van der Waals surface area contributed by atoms with Gasteiger partial charge in [-0.25, -0.2) is 24.1 Å². The summed E-state index contributed by atoms with van der Waals surface area (Å²) in [5, 5.41) is 0.785. The van der Waals surface area contributed by atoms with Crippen molar-refractivity contribution in [2.75, 3.05) is 18.8 Å². The second kappa shape index (κ2) is 8.07. The molecule has 1 unspecified atom stereocenters. The second-order valence-corrected chi connectivity index (χ2v) is 9.43. The molecule has 0 bridgehead atoms. The molecule has 0 radical (unpaired) electrons. The van der Waals surface area contributed by atoms with E-state index in [2.05, 4.69) is 30.9 Å². The van der Waals surface area contributed by atoms with E-state index in [1.54, 1.807) is 11.1 Å². The van der Waals surface area contributed by atoms with E-state index >= 15 is 0 Å². The Labute approximate surface area is 187 Å². The number of ether oxygens (including phenoxy) is 1. The number of amides is 1. The molecule has 0 aromatic carbocycles. The summed E-state index contributed by atoms with van der Waals surface area (Å²) in [4.78, 5) is 26.5. The number of fused-ring (bicyclic) bond motifs is 1. The van der Waals surface area contributed by atoms with Crippen molar-refractivity contribution in [1.29, 1.82) is 0 Å². The summed E-state index contributed by atoms with van der Waals surface area (Å²) in [5.41, 5.74) is 6.71. The van der Waals surface area contributed by atoms with Crippen LogP contribution in [0.1, 0.15) is 39.7 Å². The molecule has 1 aliphatic heterocycles. The Kier molecular flexibility index (Phi) is 5.59. The van der Waals surface area contributed by atoms with Crippen LogP contribution in [-0.2, 0) is 4.74 Å². The third-order valence-electron chi connectivity index (χ3n) is 5.15. The number of anilines is 1.